The van der Waals surface area contributed by atoms with Gasteiger partial charge in [-0.15, -0.1) is 0 Å². The molecule has 2 aromatic heterocycles. The van der Waals surface area contributed by atoms with Gasteiger partial charge in [-0.25, -0.2) is 0 Å². The first-order valence-corrected chi connectivity index (χ1v) is 7.86. The first-order valence-electron chi connectivity index (χ1n) is 7.86. The van der Waals surface area contributed by atoms with Crippen LogP contribution in [0.5, 0.6) is 0 Å². The van der Waals surface area contributed by atoms with Gasteiger partial charge in [-0.2, -0.15) is 0 Å². The van der Waals surface area contributed by atoms with Crippen molar-refractivity contribution in [3.8, 4) is 0 Å². The number of anilines is 1. The molecule has 0 unspecified atom stereocenters. The zero-order valence-electron chi connectivity index (χ0n) is 13.5. The molecule has 0 fully saturated rings. The average Bonchev–Trinajstić information content (AvgIpc) is 2.86. The highest BCUT2D eigenvalue weighted by atomic mass is 16.5. The SMILES string of the molecule is Cc1noc2c1[C@@H](c1cccnc1)C1=C(CC(C)(C)CC1=O)N2. The van der Waals surface area contributed by atoms with Crippen molar-refractivity contribution < 1.29 is 9.32 Å². The van der Waals surface area contributed by atoms with Crippen molar-refractivity contribution in [2.24, 2.45) is 5.41 Å². The zero-order valence-corrected chi connectivity index (χ0v) is 13.5. The number of aryl methyl sites for hydroxylation is 1. The van der Waals surface area contributed by atoms with Crippen LogP contribution in [0.25, 0.3) is 0 Å². The summed E-state index contributed by atoms with van der Waals surface area (Å²) in [6, 6.07) is 3.91. The van der Waals surface area contributed by atoms with Crippen LogP contribution in [0.4, 0.5) is 5.88 Å². The highest BCUT2D eigenvalue weighted by molar-refractivity contribution is 6.01. The van der Waals surface area contributed by atoms with Gasteiger partial charge in [0.25, 0.3) is 0 Å². The van der Waals surface area contributed by atoms with E-state index in [1.165, 1.54) is 0 Å². The summed E-state index contributed by atoms with van der Waals surface area (Å²) in [5, 5.41) is 7.41. The van der Waals surface area contributed by atoms with Gasteiger partial charge in [0, 0.05) is 36.0 Å². The summed E-state index contributed by atoms with van der Waals surface area (Å²) in [5.74, 6) is 0.703. The van der Waals surface area contributed by atoms with Gasteiger partial charge in [0.05, 0.1) is 11.3 Å². The molecule has 1 atom stereocenters. The molecule has 0 saturated heterocycles. The largest absolute Gasteiger partial charge is 0.338 e. The third-order valence-electron chi connectivity index (χ3n) is 4.69. The Hall–Kier alpha value is -2.43. The molecule has 1 aliphatic carbocycles. The van der Waals surface area contributed by atoms with Crippen molar-refractivity contribution in [1.82, 2.24) is 10.1 Å². The molecule has 1 aliphatic heterocycles. The van der Waals surface area contributed by atoms with E-state index in [1.54, 1.807) is 6.20 Å². The molecule has 2 aromatic rings. The number of pyridine rings is 1. The lowest BCUT2D eigenvalue weighted by Gasteiger charge is -2.37. The van der Waals surface area contributed by atoms with E-state index in [2.05, 4.69) is 29.3 Å². The lowest BCUT2D eigenvalue weighted by molar-refractivity contribution is -0.118. The molecule has 23 heavy (non-hydrogen) atoms. The van der Waals surface area contributed by atoms with Crippen molar-refractivity contribution in [2.45, 2.75) is 39.5 Å². The number of Topliss-reactive ketones (excluding diaryl/α,β-unsaturated/α-hetero) is 1. The van der Waals surface area contributed by atoms with Crippen LogP contribution in [0, 0.1) is 12.3 Å². The highest BCUT2D eigenvalue weighted by Crippen LogP contribution is 2.49. The standard InChI is InChI=1S/C18H19N3O2/c1-10-14-15(11-5-4-6-19-9-11)16-12(20-17(14)23-21-10)7-18(2,3)8-13(16)22/h4-6,9,15,20H,7-8H2,1-3H3/t15-/m1/s1. The number of aromatic nitrogens is 2. The predicted octanol–water partition coefficient (Wildman–Crippen LogP) is 3.58. The maximum Gasteiger partial charge on any atom is 0.233 e. The van der Waals surface area contributed by atoms with E-state index in [4.69, 9.17) is 4.52 Å². The van der Waals surface area contributed by atoms with Gasteiger partial charge in [0.1, 0.15) is 0 Å². The molecular weight excluding hydrogens is 290 g/mol. The number of ketones is 1. The summed E-state index contributed by atoms with van der Waals surface area (Å²) in [5.41, 5.74) is 4.52. The monoisotopic (exact) mass is 309 g/mol. The van der Waals surface area contributed by atoms with Crippen molar-refractivity contribution in [3.63, 3.8) is 0 Å². The first-order chi connectivity index (χ1) is 11.0. The van der Waals surface area contributed by atoms with Gasteiger partial charge in [0.2, 0.25) is 5.88 Å². The normalized spacial score (nSPS) is 22.4. The summed E-state index contributed by atoms with van der Waals surface area (Å²) in [7, 11) is 0. The number of hydrogen-bond donors (Lipinski definition) is 1. The molecular formula is C18H19N3O2. The van der Waals surface area contributed by atoms with Gasteiger partial charge < -0.3 is 9.84 Å². The number of fused-ring (bicyclic) bond motifs is 1. The van der Waals surface area contributed by atoms with E-state index in [9.17, 15) is 4.79 Å². The Bertz CT molecular complexity index is 818. The molecule has 0 bridgehead atoms. The number of carbonyl (C=O) groups excluding carboxylic acids is 1. The minimum Gasteiger partial charge on any atom is -0.338 e. The minimum atomic E-state index is -0.148. The molecule has 0 amide bonds. The second-order valence-corrected chi connectivity index (χ2v) is 7.19. The van der Waals surface area contributed by atoms with Gasteiger partial charge in [-0.3, -0.25) is 9.78 Å². The van der Waals surface area contributed by atoms with Gasteiger partial charge in [-0.05, 0) is 30.4 Å². The Morgan fingerprint density at radius 1 is 1.35 bits per heavy atom. The number of allylic oxidation sites excluding steroid dienone is 2. The molecule has 0 radical (unpaired) electrons. The van der Waals surface area contributed by atoms with Gasteiger partial charge in [0.15, 0.2) is 5.78 Å². The van der Waals surface area contributed by atoms with E-state index in [0.29, 0.717) is 12.3 Å². The molecule has 4 rings (SSSR count). The fourth-order valence-corrected chi connectivity index (χ4v) is 3.75. The van der Waals surface area contributed by atoms with Crippen molar-refractivity contribution in [3.05, 3.63) is 52.6 Å². The van der Waals surface area contributed by atoms with Crippen molar-refractivity contribution in [2.75, 3.05) is 5.32 Å². The molecule has 5 heteroatoms. The van der Waals surface area contributed by atoms with Crippen LogP contribution in [0.1, 0.15) is 49.4 Å². The Balaban J connectivity index is 1.94. The Morgan fingerprint density at radius 3 is 2.91 bits per heavy atom. The summed E-state index contributed by atoms with van der Waals surface area (Å²) < 4.78 is 5.46. The highest BCUT2D eigenvalue weighted by Gasteiger charge is 2.42. The summed E-state index contributed by atoms with van der Waals surface area (Å²) >= 11 is 0. The zero-order chi connectivity index (χ0) is 16.2. The van der Waals surface area contributed by atoms with E-state index >= 15 is 0 Å². The van der Waals surface area contributed by atoms with E-state index < -0.39 is 0 Å². The number of nitrogens with one attached hydrogen (secondary N) is 1. The summed E-state index contributed by atoms with van der Waals surface area (Å²) in [6.07, 6.45) is 4.95. The average molecular weight is 309 g/mol. The lowest BCUT2D eigenvalue weighted by Crippen LogP contribution is -2.33. The number of hydrogen-bond acceptors (Lipinski definition) is 5. The maximum atomic E-state index is 12.9. The third kappa shape index (κ3) is 2.19. The second kappa shape index (κ2) is 4.78. The number of carbonyl (C=O) groups is 1. The molecule has 0 saturated carbocycles. The first kappa shape index (κ1) is 14.2. The number of nitrogens with zero attached hydrogens (tertiary/aromatic N) is 2. The van der Waals surface area contributed by atoms with Gasteiger partial charge in [-0.1, -0.05) is 25.1 Å². The third-order valence-corrected chi connectivity index (χ3v) is 4.69. The van der Waals surface area contributed by atoms with Crippen molar-refractivity contribution in [1.29, 1.82) is 0 Å². The molecule has 3 heterocycles. The Morgan fingerprint density at radius 2 is 2.17 bits per heavy atom. The smallest absolute Gasteiger partial charge is 0.233 e. The molecule has 2 aliphatic rings. The summed E-state index contributed by atoms with van der Waals surface area (Å²) in [4.78, 5) is 17.1. The molecule has 1 N–H and O–H groups in total. The Kier molecular flexibility index (Phi) is 2.95. The van der Waals surface area contributed by atoms with E-state index in [0.717, 1.165) is 34.5 Å². The summed E-state index contributed by atoms with van der Waals surface area (Å²) in [6.45, 7) is 6.16. The van der Waals surface area contributed by atoms with Gasteiger partial charge >= 0.3 is 0 Å². The molecule has 0 aromatic carbocycles. The fraction of sp³-hybridized carbons (Fsp3) is 0.389. The second-order valence-electron chi connectivity index (χ2n) is 7.19. The van der Waals surface area contributed by atoms with Crippen LogP contribution >= 0.6 is 0 Å². The molecule has 5 nitrogen and oxygen atoms in total. The fourth-order valence-electron chi connectivity index (χ4n) is 3.75. The van der Waals surface area contributed by atoms with Crippen LogP contribution in [-0.4, -0.2) is 15.9 Å². The molecule has 118 valence electrons. The predicted molar refractivity (Wildman–Crippen MR) is 86.0 cm³/mol. The van der Waals surface area contributed by atoms with Crippen LogP contribution in [0.2, 0.25) is 0 Å². The Labute approximate surface area is 134 Å². The lowest BCUT2D eigenvalue weighted by atomic mass is 9.69. The van der Waals surface area contributed by atoms with E-state index in [1.807, 2.05) is 25.3 Å². The van der Waals surface area contributed by atoms with E-state index in [-0.39, 0.29) is 17.1 Å². The number of rotatable bonds is 1. The minimum absolute atomic E-state index is 0.0467. The topological polar surface area (TPSA) is 68.0 Å². The van der Waals surface area contributed by atoms with Crippen molar-refractivity contribution >= 4 is 11.7 Å². The van der Waals surface area contributed by atoms with Crippen LogP contribution in [0.3, 0.4) is 0 Å². The van der Waals surface area contributed by atoms with Crippen LogP contribution < -0.4 is 5.32 Å². The molecule has 0 spiro atoms. The van der Waals surface area contributed by atoms with Crippen LogP contribution in [-0.2, 0) is 4.79 Å². The maximum absolute atomic E-state index is 12.9. The van der Waals surface area contributed by atoms with Crippen LogP contribution in [0.15, 0.2) is 40.3 Å². The quantitative estimate of drug-likeness (QED) is 0.872.